The molecule has 1 fully saturated rings. The van der Waals surface area contributed by atoms with E-state index in [4.69, 9.17) is 17.4 Å². The lowest BCUT2D eigenvalue weighted by atomic mass is 10.1. The largest absolute Gasteiger partial charge is 0.350 e. The molecule has 1 aliphatic heterocycles. The summed E-state index contributed by atoms with van der Waals surface area (Å²) in [6, 6.07) is 5.42. The minimum absolute atomic E-state index is 0.157. The highest BCUT2D eigenvalue weighted by atomic mass is 35.5. The molecular formula is C13H19ClN4O. The molecule has 0 bridgehead atoms. The zero-order valence-corrected chi connectivity index (χ0v) is 11.7. The number of hydrazine groups is 1. The summed E-state index contributed by atoms with van der Waals surface area (Å²) in [5.41, 5.74) is 3.55. The lowest BCUT2D eigenvalue weighted by Gasteiger charge is -2.20. The lowest BCUT2D eigenvalue weighted by Crippen LogP contribution is -2.38. The maximum atomic E-state index is 12.2. The molecule has 0 aliphatic carbocycles. The first-order valence-corrected chi connectivity index (χ1v) is 6.74. The maximum Gasteiger partial charge on any atom is 0.253 e. The number of hydrogen-bond acceptors (Lipinski definition) is 4. The molecule has 1 amide bonds. The van der Waals surface area contributed by atoms with Gasteiger partial charge in [-0.1, -0.05) is 11.6 Å². The first-order chi connectivity index (χ1) is 9.11. The number of amides is 1. The van der Waals surface area contributed by atoms with Crippen LogP contribution in [0.25, 0.3) is 0 Å². The van der Waals surface area contributed by atoms with Crippen molar-refractivity contribution in [3.8, 4) is 0 Å². The number of nitrogen functional groups attached to an aromatic ring is 1. The van der Waals surface area contributed by atoms with Crippen molar-refractivity contribution in [2.75, 3.05) is 25.6 Å². The highest BCUT2D eigenvalue weighted by molar-refractivity contribution is 6.31. The first kappa shape index (κ1) is 14.1. The van der Waals surface area contributed by atoms with E-state index in [1.165, 1.54) is 6.42 Å². The van der Waals surface area contributed by atoms with Crippen LogP contribution in [0.1, 0.15) is 23.2 Å². The Bertz CT molecular complexity index is 466. The summed E-state index contributed by atoms with van der Waals surface area (Å²) < 4.78 is 0. The Hall–Kier alpha value is -1.30. The number of carbonyl (C=O) groups is 1. The molecule has 1 aliphatic rings. The number of rotatable bonds is 4. The summed E-state index contributed by atoms with van der Waals surface area (Å²) >= 11 is 5.91. The van der Waals surface area contributed by atoms with Gasteiger partial charge in [0.1, 0.15) is 0 Å². The van der Waals surface area contributed by atoms with Crippen LogP contribution in [0.5, 0.6) is 0 Å². The fourth-order valence-electron chi connectivity index (χ4n) is 2.37. The average molecular weight is 283 g/mol. The van der Waals surface area contributed by atoms with Crippen molar-refractivity contribution in [2.45, 2.75) is 18.9 Å². The van der Waals surface area contributed by atoms with E-state index in [1.54, 1.807) is 18.2 Å². The molecule has 1 aromatic rings. The molecule has 1 atom stereocenters. The van der Waals surface area contributed by atoms with Gasteiger partial charge >= 0.3 is 0 Å². The Morgan fingerprint density at radius 2 is 2.37 bits per heavy atom. The first-order valence-electron chi connectivity index (χ1n) is 6.36. The predicted octanol–water partition coefficient (Wildman–Crippen LogP) is 1.45. The van der Waals surface area contributed by atoms with Gasteiger partial charge in [0.15, 0.2) is 0 Å². The topological polar surface area (TPSA) is 70.4 Å². The molecule has 2 rings (SSSR count). The Morgan fingerprint density at radius 3 is 3.00 bits per heavy atom. The van der Waals surface area contributed by atoms with Crippen LogP contribution in [0.15, 0.2) is 18.2 Å². The van der Waals surface area contributed by atoms with Gasteiger partial charge in [-0.15, -0.1) is 0 Å². The number of nitrogens with one attached hydrogen (secondary N) is 2. The summed E-state index contributed by atoms with van der Waals surface area (Å²) in [4.78, 5) is 14.4. The van der Waals surface area contributed by atoms with Crippen molar-refractivity contribution in [1.29, 1.82) is 0 Å². The molecule has 1 aromatic carbocycles. The van der Waals surface area contributed by atoms with Crippen LogP contribution < -0.4 is 16.6 Å². The van der Waals surface area contributed by atoms with Crippen LogP contribution in [0, 0.1) is 0 Å². The Morgan fingerprint density at radius 1 is 1.58 bits per heavy atom. The molecule has 0 spiro atoms. The van der Waals surface area contributed by atoms with Crippen molar-refractivity contribution in [3.05, 3.63) is 28.8 Å². The van der Waals surface area contributed by atoms with E-state index in [2.05, 4.69) is 22.7 Å². The quantitative estimate of drug-likeness (QED) is 0.577. The van der Waals surface area contributed by atoms with Crippen molar-refractivity contribution >= 4 is 23.2 Å². The van der Waals surface area contributed by atoms with Gasteiger partial charge in [-0.25, -0.2) is 0 Å². The molecule has 5 nitrogen and oxygen atoms in total. The highest BCUT2D eigenvalue weighted by Crippen LogP contribution is 2.20. The van der Waals surface area contributed by atoms with Gasteiger partial charge in [-0.2, -0.15) is 0 Å². The molecule has 1 unspecified atom stereocenters. The molecular weight excluding hydrogens is 264 g/mol. The zero-order valence-electron chi connectivity index (χ0n) is 10.9. The second kappa shape index (κ2) is 6.23. The van der Waals surface area contributed by atoms with Crippen molar-refractivity contribution < 1.29 is 4.79 Å². The summed E-state index contributed by atoms with van der Waals surface area (Å²) in [5, 5.41) is 3.45. The number of carbonyl (C=O) groups excluding carboxylic acids is 1. The third-order valence-corrected chi connectivity index (χ3v) is 3.79. The number of likely N-dealkylation sites (N-methyl/N-ethyl adjacent to an activating group) is 1. The molecule has 6 heteroatoms. The molecule has 0 saturated carbocycles. The lowest BCUT2D eigenvalue weighted by molar-refractivity contribution is 0.0944. The fraction of sp³-hybridized carbons (Fsp3) is 0.462. The van der Waals surface area contributed by atoms with Crippen LogP contribution in [0.3, 0.4) is 0 Å². The van der Waals surface area contributed by atoms with Crippen LogP contribution in [0.4, 0.5) is 5.69 Å². The van der Waals surface area contributed by atoms with Crippen LogP contribution in [-0.2, 0) is 0 Å². The van der Waals surface area contributed by atoms with E-state index in [0.29, 0.717) is 28.9 Å². The molecule has 19 heavy (non-hydrogen) atoms. The van der Waals surface area contributed by atoms with E-state index in [0.717, 1.165) is 13.0 Å². The summed E-state index contributed by atoms with van der Waals surface area (Å²) in [7, 11) is 2.08. The molecule has 0 radical (unpaired) electrons. The molecule has 1 heterocycles. The number of benzene rings is 1. The van der Waals surface area contributed by atoms with Gasteiger partial charge < -0.3 is 15.6 Å². The minimum atomic E-state index is -0.157. The number of halogens is 1. The van der Waals surface area contributed by atoms with E-state index >= 15 is 0 Å². The Balaban J connectivity index is 2.01. The van der Waals surface area contributed by atoms with Gasteiger partial charge in [0, 0.05) is 17.6 Å². The van der Waals surface area contributed by atoms with E-state index in [-0.39, 0.29) is 5.91 Å². The monoisotopic (exact) mass is 282 g/mol. The van der Waals surface area contributed by atoms with Gasteiger partial charge in [0.2, 0.25) is 0 Å². The van der Waals surface area contributed by atoms with Gasteiger partial charge in [0.05, 0.1) is 11.3 Å². The third-order valence-electron chi connectivity index (χ3n) is 3.55. The molecule has 1 saturated heterocycles. The van der Waals surface area contributed by atoms with Gasteiger partial charge in [-0.3, -0.25) is 10.6 Å². The normalized spacial score (nSPS) is 19.4. The molecule has 0 aromatic heterocycles. The van der Waals surface area contributed by atoms with Crippen LogP contribution >= 0.6 is 11.6 Å². The standard InChI is InChI=1S/C13H19ClN4O/c1-18-6-2-3-10(18)8-16-13(19)11-7-9(14)4-5-12(11)17-15/h4-5,7,10,17H,2-3,6,8,15H2,1H3,(H,16,19). The smallest absolute Gasteiger partial charge is 0.253 e. The summed E-state index contributed by atoms with van der Waals surface area (Å²) in [5.74, 6) is 5.24. The second-order valence-corrected chi connectivity index (χ2v) is 5.26. The molecule has 4 N–H and O–H groups in total. The Labute approximate surface area is 118 Å². The average Bonchev–Trinajstić information content (AvgIpc) is 2.81. The van der Waals surface area contributed by atoms with Crippen molar-refractivity contribution in [1.82, 2.24) is 10.2 Å². The Kier molecular flexibility index (Phi) is 4.63. The SMILES string of the molecule is CN1CCCC1CNC(=O)c1cc(Cl)ccc1NN. The minimum Gasteiger partial charge on any atom is -0.350 e. The van der Waals surface area contributed by atoms with Crippen LogP contribution in [0.2, 0.25) is 5.02 Å². The number of anilines is 1. The third kappa shape index (κ3) is 3.37. The highest BCUT2D eigenvalue weighted by Gasteiger charge is 2.21. The summed E-state index contributed by atoms with van der Waals surface area (Å²) in [6.07, 6.45) is 2.30. The summed E-state index contributed by atoms with van der Waals surface area (Å²) in [6.45, 7) is 1.74. The fourth-order valence-corrected chi connectivity index (χ4v) is 2.55. The predicted molar refractivity (Wildman–Crippen MR) is 77.2 cm³/mol. The number of likely N-dealkylation sites (tertiary alicyclic amines) is 1. The molecule has 104 valence electrons. The second-order valence-electron chi connectivity index (χ2n) is 4.82. The van der Waals surface area contributed by atoms with E-state index in [1.807, 2.05) is 0 Å². The van der Waals surface area contributed by atoms with Crippen LogP contribution in [-0.4, -0.2) is 37.0 Å². The van der Waals surface area contributed by atoms with Crippen molar-refractivity contribution in [2.24, 2.45) is 5.84 Å². The van der Waals surface area contributed by atoms with Gasteiger partial charge in [-0.05, 0) is 44.6 Å². The number of hydrogen-bond donors (Lipinski definition) is 3. The maximum absolute atomic E-state index is 12.2. The van der Waals surface area contributed by atoms with Crippen molar-refractivity contribution in [3.63, 3.8) is 0 Å². The van der Waals surface area contributed by atoms with E-state index in [9.17, 15) is 4.79 Å². The van der Waals surface area contributed by atoms with E-state index < -0.39 is 0 Å². The number of nitrogens with zero attached hydrogens (tertiary/aromatic N) is 1. The number of nitrogens with two attached hydrogens (primary N) is 1. The zero-order chi connectivity index (χ0) is 13.8. The van der Waals surface area contributed by atoms with Gasteiger partial charge in [0.25, 0.3) is 5.91 Å².